The first-order valence-electron chi connectivity index (χ1n) is 7.65. The highest BCUT2D eigenvalue weighted by molar-refractivity contribution is 6.03. The topological polar surface area (TPSA) is 90.0 Å². The van der Waals surface area contributed by atoms with Crippen LogP contribution in [0.5, 0.6) is 0 Å². The molecule has 0 bridgehead atoms. The second-order valence-corrected chi connectivity index (χ2v) is 6.17. The van der Waals surface area contributed by atoms with Gasteiger partial charge in [0, 0.05) is 25.2 Å². The molecule has 1 fully saturated rings. The Kier molecular flexibility index (Phi) is 2.97. The molecule has 0 radical (unpaired) electrons. The van der Waals surface area contributed by atoms with E-state index in [4.69, 9.17) is 0 Å². The molecule has 1 aliphatic carbocycles. The van der Waals surface area contributed by atoms with Gasteiger partial charge in [-0.15, -0.1) is 5.10 Å². The van der Waals surface area contributed by atoms with Gasteiger partial charge in [-0.3, -0.25) is 4.79 Å². The van der Waals surface area contributed by atoms with Crippen LogP contribution in [-0.2, 0) is 13.6 Å². The average Bonchev–Trinajstić information content (AvgIpc) is 2.86. The van der Waals surface area contributed by atoms with Crippen LogP contribution >= 0.6 is 0 Å². The molecule has 0 aliphatic heterocycles. The molecule has 3 aromatic rings. The van der Waals surface area contributed by atoms with Crippen molar-refractivity contribution >= 4 is 27.9 Å². The number of carboxylic acid groups (broad SMARTS) is 1. The number of hydrogen-bond donors (Lipinski definition) is 1. The minimum atomic E-state index is -1.20. The van der Waals surface area contributed by atoms with Gasteiger partial charge in [0.1, 0.15) is 11.1 Å². The number of aromatic carboxylic acids is 1. The smallest absolute Gasteiger partial charge is 0.341 e. The summed E-state index contributed by atoms with van der Waals surface area (Å²) in [5, 5.41) is 17.9. The van der Waals surface area contributed by atoms with Crippen molar-refractivity contribution < 1.29 is 9.90 Å². The van der Waals surface area contributed by atoms with Crippen molar-refractivity contribution in [3.63, 3.8) is 0 Å². The fourth-order valence-corrected chi connectivity index (χ4v) is 3.24. The van der Waals surface area contributed by atoms with Crippen LogP contribution in [0, 0.1) is 5.92 Å². The van der Waals surface area contributed by atoms with Crippen LogP contribution in [0.15, 0.2) is 23.1 Å². The van der Waals surface area contributed by atoms with E-state index in [0.29, 0.717) is 28.9 Å². The van der Waals surface area contributed by atoms with E-state index in [-0.39, 0.29) is 5.56 Å². The first-order chi connectivity index (χ1) is 11.1. The Balaban J connectivity index is 2.08. The van der Waals surface area contributed by atoms with Crippen LogP contribution in [0.1, 0.15) is 29.6 Å². The Bertz CT molecular complexity index is 998. The minimum Gasteiger partial charge on any atom is -0.477 e. The molecule has 0 amide bonds. The molecule has 2 aromatic heterocycles. The lowest BCUT2D eigenvalue weighted by molar-refractivity contribution is 0.0694. The van der Waals surface area contributed by atoms with Gasteiger partial charge in [0.15, 0.2) is 0 Å². The summed E-state index contributed by atoms with van der Waals surface area (Å²) in [6.45, 7) is 0.701. The van der Waals surface area contributed by atoms with Gasteiger partial charge in [-0.25, -0.2) is 9.48 Å². The lowest BCUT2D eigenvalue weighted by Gasteiger charge is -2.27. The number of aromatic nitrogens is 4. The van der Waals surface area contributed by atoms with E-state index >= 15 is 0 Å². The Hall–Kier alpha value is -2.70. The van der Waals surface area contributed by atoms with Gasteiger partial charge < -0.3 is 9.67 Å². The van der Waals surface area contributed by atoms with Crippen LogP contribution in [0.4, 0.5) is 0 Å². The predicted octanol–water partition coefficient (Wildman–Crippen LogP) is 1.78. The van der Waals surface area contributed by atoms with Crippen molar-refractivity contribution in [2.45, 2.75) is 25.8 Å². The zero-order chi connectivity index (χ0) is 16.1. The third kappa shape index (κ3) is 2.03. The van der Waals surface area contributed by atoms with Crippen LogP contribution in [0.25, 0.3) is 21.9 Å². The largest absolute Gasteiger partial charge is 0.477 e. The summed E-state index contributed by atoms with van der Waals surface area (Å²) in [6.07, 6.45) is 4.92. The number of carbonyl (C=O) groups is 1. The number of rotatable bonds is 3. The third-order valence-electron chi connectivity index (χ3n) is 4.73. The van der Waals surface area contributed by atoms with Crippen LogP contribution in [-0.4, -0.2) is 30.6 Å². The predicted molar refractivity (Wildman–Crippen MR) is 84.6 cm³/mol. The molecule has 118 valence electrons. The van der Waals surface area contributed by atoms with E-state index in [9.17, 15) is 14.7 Å². The first kappa shape index (κ1) is 13.9. The summed E-state index contributed by atoms with van der Waals surface area (Å²) in [5.74, 6) is -0.673. The molecule has 2 heterocycles. The molecular weight excluding hydrogens is 296 g/mol. The molecule has 1 N–H and O–H groups in total. The highest BCUT2D eigenvalue weighted by Crippen LogP contribution is 2.30. The van der Waals surface area contributed by atoms with Crippen molar-refractivity contribution in [3.8, 4) is 0 Å². The van der Waals surface area contributed by atoms with Gasteiger partial charge in [-0.2, -0.15) is 0 Å². The van der Waals surface area contributed by atoms with E-state index in [1.807, 2.05) is 4.57 Å². The molecule has 0 saturated heterocycles. The van der Waals surface area contributed by atoms with Gasteiger partial charge in [-0.1, -0.05) is 11.6 Å². The van der Waals surface area contributed by atoms with Gasteiger partial charge >= 0.3 is 5.97 Å². The summed E-state index contributed by atoms with van der Waals surface area (Å²) in [5.41, 5.74) is 1.48. The number of pyridine rings is 1. The van der Waals surface area contributed by atoms with Gasteiger partial charge in [0.2, 0.25) is 5.43 Å². The van der Waals surface area contributed by atoms with Crippen LogP contribution in [0.2, 0.25) is 0 Å². The van der Waals surface area contributed by atoms with E-state index in [1.54, 1.807) is 23.9 Å². The fourth-order valence-electron chi connectivity index (χ4n) is 3.24. The monoisotopic (exact) mass is 312 g/mol. The van der Waals surface area contributed by atoms with Gasteiger partial charge in [0.25, 0.3) is 0 Å². The normalized spacial score (nSPS) is 15.2. The van der Waals surface area contributed by atoms with E-state index in [2.05, 4.69) is 10.3 Å². The van der Waals surface area contributed by atoms with Crippen molar-refractivity contribution in [3.05, 3.63) is 34.1 Å². The molecule has 1 aliphatic rings. The van der Waals surface area contributed by atoms with E-state index in [0.717, 1.165) is 18.4 Å². The Morgan fingerprint density at radius 2 is 2.17 bits per heavy atom. The highest BCUT2D eigenvalue weighted by atomic mass is 16.4. The number of hydrogen-bond acceptors (Lipinski definition) is 4. The molecular formula is C16H16N4O3. The summed E-state index contributed by atoms with van der Waals surface area (Å²) >= 11 is 0. The van der Waals surface area contributed by atoms with Crippen LogP contribution < -0.4 is 5.43 Å². The number of aryl methyl sites for hydroxylation is 1. The summed E-state index contributed by atoms with van der Waals surface area (Å²) in [7, 11) is 1.79. The molecule has 0 spiro atoms. The first-order valence-corrected chi connectivity index (χ1v) is 7.65. The summed E-state index contributed by atoms with van der Waals surface area (Å²) in [6, 6.07) is 3.44. The molecule has 0 atom stereocenters. The van der Waals surface area contributed by atoms with Crippen molar-refractivity contribution in [1.82, 2.24) is 19.6 Å². The fraction of sp³-hybridized carbons (Fsp3) is 0.375. The second kappa shape index (κ2) is 4.91. The zero-order valence-electron chi connectivity index (χ0n) is 12.7. The van der Waals surface area contributed by atoms with Crippen molar-refractivity contribution in [2.75, 3.05) is 0 Å². The molecule has 1 saturated carbocycles. The number of nitrogens with zero attached hydrogens (tertiary/aromatic N) is 4. The molecule has 7 nitrogen and oxygen atoms in total. The van der Waals surface area contributed by atoms with Gasteiger partial charge in [-0.05, 0) is 30.9 Å². The summed E-state index contributed by atoms with van der Waals surface area (Å²) in [4.78, 5) is 23.9. The Labute approximate surface area is 131 Å². The molecule has 7 heteroatoms. The maximum atomic E-state index is 12.5. The SMILES string of the molecule is Cn1nnc2c3c(ccc21)c(=O)c(C(=O)O)cn3CC1CCC1. The second-order valence-electron chi connectivity index (χ2n) is 6.17. The highest BCUT2D eigenvalue weighted by Gasteiger charge is 2.22. The average molecular weight is 312 g/mol. The van der Waals surface area contributed by atoms with Gasteiger partial charge in [0.05, 0.1) is 11.0 Å². The van der Waals surface area contributed by atoms with E-state index in [1.165, 1.54) is 12.6 Å². The Morgan fingerprint density at radius 1 is 1.39 bits per heavy atom. The standard InChI is InChI=1S/C16H16N4O3/c1-19-12-6-5-10-14(13(12)17-18-19)20(7-9-3-2-4-9)8-11(15(10)21)16(22)23/h5-6,8-9H,2-4,7H2,1H3,(H,22,23). The maximum absolute atomic E-state index is 12.5. The molecule has 4 rings (SSSR count). The molecule has 1 aromatic carbocycles. The third-order valence-corrected chi connectivity index (χ3v) is 4.73. The maximum Gasteiger partial charge on any atom is 0.341 e. The number of benzene rings is 1. The molecule has 0 unspecified atom stereocenters. The number of carboxylic acids is 1. The lowest BCUT2D eigenvalue weighted by Crippen LogP contribution is -2.23. The molecule has 23 heavy (non-hydrogen) atoms. The Morgan fingerprint density at radius 3 is 2.83 bits per heavy atom. The number of fused-ring (bicyclic) bond motifs is 3. The quantitative estimate of drug-likeness (QED) is 0.796. The van der Waals surface area contributed by atoms with Crippen molar-refractivity contribution in [1.29, 1.82) is 0 Å². The van der Waals surface area contributed by atoms with Crippen molar-refractivity contribution in [2.24, 2.45) is 13.0 Å². The zero-order valence-corrected chi connectivity index (χ0v) is 12.7. The van der Waals surface area contributed by atoms with Crippen LogP contribution in [0.3, 0.4) is 0 Å². The lowest BCUT2D eigenvalue weighted by atomic mass is 9.85. The van der Waals surface area contributed by atoms with E-state index < -0.39 is 11.4 Å². The minimum absolute atomic E-state index is 0.194. The summed E-state index contributed by atoms with van der Waals surface area (Å²) < 4.78 is 3.53.